The molecule has 1 saturated heterocycles. The zero-order valence-corrected chi connectivity index (χ0v) is 21.4. The third kappa shape index (κ3) is 4.57. The number of nitrogens with zero attached hydrogens (tertiary/aromatic N) is 1. The van der Waals surface area contributed by atoms with Gasteiger partial charge in [0, 0.05) is 35.1 Å². The van der Waals surface area contributed by atoms with Crippen LogP contribution in [0.15, 0.2) is 66.7 Å². The van der Waals surface area contributed by atoms with E-state index in [0.717, 1.165) is 77.1 Å². The van der Waals surface area contributed by atoms with Crippen LogP contribution in [0.2, 0.25) is 0 Å². The van der Waals surface area contributed by atoms with Crippen LogP contribution < -0.4 is 10.1 Å². The third-order valence-electron chi connectivity index (χ3n) is 8.17. The maximum absolute atomic E-state index is 14.3. The summed E-state index contributed by atoms with van der Waals surface area (Å²) in [5, 5.41) is 14.3. The lowest BCUT2D eigenvalue weighted by Gasteiger charge is -2.33. The van der Waals surface area contributed by atoms with E-state index in [0.29, 0.717) is 6.42 Å². The molecule has 38 heavy (non-hydrogen) atoms. The Labute approximate surface area is 221 Å². The minimum atomic E-state index is -0.850. The van der Waals surface area contributed by atoms with E-state index in [1.807, 2.05) is 42.5 Å². The first-order valence-electron chi connectivity index (χ1n) is 13.2. The standard InChI is InChI=1S/C31H32FN3O3/c1-38-28-11-10-20(16-21(28)18-35-14-12-19(13-15-35)22-6-2-4-8-25(22)32)29-30-24(17-27(34-29)31(36)37)23-7-3-5-9-26(23)33-30/h2-11,16,19,27,29,33-34H,12-15,17-18H2,1H3,(H,36,37). The Morgan fingerprint density at radius 2 is 1.84 bits per heavy atom. The molecule has 0 bridgehead atoms. The molecule has 0 aliphatic carbocycles. The predicted octanol–water partition coefficient (Wildman–Crippen LogP) is 5.38. The molecule has 3 heterocycles. The molecule has 6 rings (SSSR count). The van der Waals surface area contributed by atoms with Gasteiger partial charge in [-0.05, 0) is 72.8 Å². The molecule has 6 nitrogen and oxygen atoms in total. The Kier molecular flexibility index (Phi) is 6.64. The van der Waals surface area contributed by atoms with Crippen molar-refractivity contribution in [2.75, 3.05) is 20.2 Å². The molecule has 4 aromatic rings. The summed E-state index contributed by atoms with van der Waals surface area (Å²) in [5.74, 6) is 0.0849. The lowest BCUT2D eigenvalue weighted by Crippen LogP contribution is -2.45. The lowest BCUT2D eigenvalue weighted by atomic mass is 9.88. The van der Waals surface area contributed by atoms with Gasteiger partial charge in [-0.3, -0.25) is 15.0 Å². The molecule has 7 heteroatoms. The fourth-order valence-electron chi connectivity index (χ4n) is 6.21. The van der Waals surface area contributed by atoms with Crippen LogP contribution in [0.3, 0.4) is 0 Å². The molecule has 1 fully saturated rings. The number of aromatic amines is 1. The molecule has 0 spiro atoms. The Balaban J connectivity index is 1.27. The zero-order valence-electron chi connectivity index (χ0n) is 21.4. The second-order valence-electron chi connectivity index (χ2n) is 10.4. The SMILES string of the molecule is COc1ccc(C2NC(C(=O)O)Cc3c2[nH]c2ccccc32)cc1CN1CCC(c2ccccc2F)CC1. The first kappa shape index (κ1) is 24.6. The number of rotatable bonds is 6. The lowest BCUT2D eigenvalue weighted by molar-refractivity contribution is -0.139. The second-order valence-corrected chi connectivity index (χ2v) is 10.4. The smallest absolute Gasteiger partial charge is 0.321 e. The number of ether oxygens (including phenoxy) is 1. The number of hydrogen-bond donors (Lipinski definition) is 3. The Morgan fingerprint density at radius 3 is 2.61 bits per heavy atom. The van der Waals surface area contributed by atoms with Crippen molar-refractivity contribution in [1.29, 1.82) is 0 Å². The number of halogens is 1. The number of para-hydroxylation sites is 1. The zero-order chi connectivity index (χ0) is 26.2. The predicted molar refractivity (Wildman–Crippen MR) is 145 cm³/mol. The second kappa shape index (κ2) is 10.2. The van der Waals surface area contributed by atoms with Crippen molar-refractivity contribution in [3.63, 3.8) is 0 Å². The first-order valence-corrected chi connectivity index (χ1v) is 13.2. The largest absolute Gasteiger partial charge is 0.496 e. The number of piperidine rings is 1. The van der Waals surface area contributed by atoms with E-state index in [2.05, 4.69) is 27.3 Å². The van der Waals surface area contributed by atoms with Crippen LogP contribution in [-0.4, -0.2) is 47.2 Å². The number of aliphatic carboxylic acids is 1. The molecule has 2 atom stereocenters. The molecule has 2 aliphatic rings. The molecule has 0 amide bonds. The number of H-pyrrole nitrogens is 1. The fraction of sp³-hybridized carbons (Fsp3) is 0.323. The summed E-state index contributed by atoms with van der Waals surface area (Å²) < 4.78 is 20.0. The van der Waals surface area contributed by atoms with Crippen LogP contribution in [0.1, 0.15) is 52.7 Å². The van der Waals surface area contributed by atoms with Gasteiger partial charge in [-0.1, -0.05) is 42.5 Å². The third-order valence-corrected chi connectivity index (χ3v) is 8.17. The molecule has 0 saturated carbocycles. The number of aromatic nitrogens is 1. The molecule has 3 N–H and O–H groups in total. The van der Waals surface area contributed by atoms with Gasteiger partial charge < -0.3 is 14.8 Å². The van der Waals surface area contributed by atoms with Crippen LogP contribution in [-0.2, 0) is 17.8 Å². The molecule has 0 radical (unpaired) electrons. The number of carbonyl (C=O) groups is 1. The summed E-state index contributed by atoms with van der Waals surface area (Å²) >= 11 is 0. The van der Waals surface area contributed by atoms with Crippen molar-refractivity contribution in [3.05, 3.63) is 100 Å². The van der Waals surface area contributed by atoms with Gasteiger partial charge in [-0.25, -0.2) is 4.39 Å². The van der Waals surface area contributed by atoms with Crippen LogP contribution >= 0.6 is 0 Å². The minimum absolute atomic E-state index is 0.115. The summed E-state index contributed by atoms with van der Waals surface area (Å²) in [4.78, 5) is 18.0. The number of methoxy groups -OCH3 is 1. The maximum Gasteiger partial charge on any atom is 0.321 e. The molecule has 1 aromatic heterocycles. The monoisotopic (exact) mass is 513 g/mol. The van der Waals surface area contributed by atoms with E-state index in [1.165, 1.54) is 0 Å². The normalized spacial score (nSPS) is 20.4. The van der Waals surface area contributed by atoms with Crippen molar-refractivity contribution in [3.8, 4) is 5.75 Å². The van der Waals surface area contributed by atoms with E-state index in [1.54, 1.807) is 19.2 Å². The van der Waals surface area contributed by atoms with Crippen molar-refractivity contribution in [1.82, 2.24) is 15.2 Å². The van der Waals surface area contributed by atoms with Crippen molar-refractivity contribution in [2.45, 2.75) is 43.8 Å². The van der Waals surface area contributed by atoms with Gasteiger partial charge in [-0.15, -0.1) is 0 Å². The number of carboxylic acid groups (broad SMARTS) is 1. The minimum Gasteiger partial charge on any atom is -0.496 e. The molecule has 2 unspecified atom stereocenters. The van der Waals surface area contributed by atoms with Crippen LogP contribution in [0, 0.1) is 5.82 Å². The van der Waals surface area contributed by atoms with Gasteiger partial charge in [0.1, 0.15) is 17.6 Å². The molecule has 3 aromatic carbocycles. The van der Waals surface area contributed by atoms with Crippen molar-refractivity contribution in [2.24, 2.45) is 0 Å². The summed E-state index contributed by atoms with van der Waals surface area (Å²) in [6, 6.07) is 20.4. The summed E-state index contributed by atoms with van der Waals surface area (Å²) in [7, 11) is 1.68. The van der Waals surface area contributed by atoms with Gasteiger partial charge in [0.2, 0.25) is 0 Å². The van der Waals surface area contributed by atoms with E-state index in [9.17, 15) is 14.3 Å². The number of nitrogens with one attached hydrogen (secondary N) is 2. The number of fused-ring (bicyclic) bond motifs is 3. The van der Waals surface area contributed by atoms with Gasteiger partial charge in [0.25, 0.3) is 0 Å². The Bertz CT molecular complexity index is 1470. The van der Waals surface area contributed by atoms with Gasteiger partial charge in [0.15, 0.2) is 0 Å². The van der Waals surface area contributed by atoms with Crippen molar-refractivity contribution < 1.29 is 19.0 Å². The highest BCUT2D eigenvalue weighted by Gasteiger charge is 2.34. The maximum atomic E-state index is 14.3. The quantitative estimate of drug-likeness (QED) is 0.323. The first-order chi connectivity index (χ1) is 18.5. The molecular weight excluding hydrogens is 481 g/mol. The average molecular weight is 514 g/mol. The molecule has 2 aliphatic heterocycles. The Hall–Kier alpha value is -3.68. The highest BCUT2D eigenvalue weighted by Crippen LogP contribution is 2.37. The fourth-order valence-corrected chi connectivity index (χ4v) is 6.21. The van der Waals surface area contributed by atoms with E-state index in [-0.39, 0.29) is 17.8 Å². The Morgan fingerprint density at radius 1 is 1.08 bits per heavy atom. The number of hydrogen-bond acceptors (Lipinski definition) is 4. The summed E-state index contributed by atoms with van der Waals surface area (Å²) in [5.41, 5.74) is 5.97. The summed E-state index contributed by atoms with van der Waals surface area (Å²) in [6.45, 7) is 2.47. The van der Waals surface area contributed by atoms with Crippen LogP contribution in [0.4, 0.5) is 4.39 Å². The highest BCUT2D eigenvalue weighted by molar-refractivity contribution is 5.87. The number of carboxylic acids is 1. The topological polar surface area (TPSA) is 77.6 Å². The van der Waals surface area contributed by atoms with E-state index < -0.39 is 12.0 Å². The van der Waals surface area contributed by atoms with Crippen molar-refractivity contribution >= 4 is 16.9 Å². The molecule has 196 valence electrons. The number of likely N-dealkylation sites (tertiary alicyclic amines) is 1. The van der Waals surface area contributed by atoms with Gasteiger partial charge in [-0.2, -0.15) is 0 Å². The van der Waals surface area contributed by atoms with Crippen LogP contribution in [0.5, 0.6) is 5.75 Å². The number of benzene rings is 3. The van der Waals surface area contributed by atoms with E-state index >= 15 is 0 Å². The van der Waals surface area contributed by atoms with E-state index in [4.69, 9.17) is 4.74 Å². The van der Waals surface area contributed by atoms with Crippen LogP contribution in [0.25, 0.3) is 10.9 Å². The average Bonchev–Trinajstić information content (AvgIpc) is 3.32. The summed E-state index contributed by atoms with van der Waals surface area (Å²) in [6.07, 6.45) is 2.25. The highest BCUT2D eigenvalue weighted by atomic mass is 19.1. The van der Waals surface area contributed by atoms with Gasteiger partial charge in [0.05, 0.1) is 13.2 Å². The van der Waals surface area contributed by atoms with Gasteiger partial charge >= 0.3 is 5.97 Å². The molecular formula is C31H32FN3O3.